The molecule has 5 nitrogen and oxygen atoms in total. The maximum atomic E-state index is 12.4. The van der Waals surface area contributed by atoms with Gasteiger partial charge in [0.05, 0.1) is 0 Å². The first-order valence-corrected chi connectivity index (χ1v) is 9.59. The fourth-order valence-electron chi connectivity index (χ4n) is 3.35. The Labute approximate surface area is 146 Å². The van der Waals surface area contributed by atoms with Crippen LogP contribution in [0, 0.1) is 5.92 Å². The lowest BCUT2D eigenvalue weighted by molar-refractivity contribution is -0.131. The highest BCUT2D eigenvalue weighted by Crippen LogP contribution is 2.47. The van der Waals surface area contributed by atoms with Crippen LogP contribution in [0.2, 0.25) is 0 Å². The lowest BCUT2D eigenvalue weighted by Crippen LogP contribution is -2.48. The summed E-state index contributed by atoms with van der Waals surface area (Å²) in [4.78, 5) is 21.0. The second kappa shape index (κ2) is 6.59. The van der Waals surface area contributed by atoms with E-state index in [-0.39, 0.29) is 5.91 Å². The molecule has 0 N–H and O–H groups in total. The monoisotopic (exact) mass is 345 g/mol. The number of piperazine rings is 1. The predicted molar refractivity (Wildman–Crippen MR) is 94.5 cm³/mol. The largest absolute Gasteiger partial charge is 0.466 e. The summed E-state index contributed by atoms with van der Waals surface area (Å²) in [6.07, 6.45) is 4.30. The van der Waals surface area contributed by atoms with E-state index < -0.39 is 0 Å². The number of amides is 1. The first-order chi connectivity index (χ1) is 11.7. The van der Waals surface area contributed by atoms with Gasteiger partial charge in [0.25, 0.3) is 0 Å². The molecule has 0 unspecified atom stereocenters. The summed E-state index contributed by atoms with van der Waals surface area (Å²) >= 11 is 1.66. The van der Waals surface area contributed by atoms with Crippen molar-refractivity contribution in [2.24, 2.45) is 5.92 Å². The first kappa shape index (κ1) is 15.7. The van der Waals surface area contributed by atoms with Crippen molar-refractivity contribution in [3.63, 3.8) is 0 Å². The number of carbonyl (C=O) groups is 1. The summed E-state index contributed by atoms with van der Waals surface area (Å²) in [5.41, 5.74) is 0. The zero-order valence-electron chi connectivity index (χ0n) is 14.0. The van der Waals surface area contributed by atoms with Crippen LogP contribution in [0.1, 0.15) is 37.2 Å². The number of carbonyl (C=O) groups excluding carboxylic acids is 1. The molecule has 1 saturated carbocycles. The zero-order chi connectivity index (χ0) is 16.5. The Morgan fingerprint density at radius 3 is 2.79 bits per heavy atom. The van der Waals surface area contributed by atoms with Crippen LogP contribution in [0.3, 0.4) is 0 Å². The Morgan fingerprint density at radius 1 is 1.33 bits per heavy atom. The van der Waals surface area contributed by atoms with Gasteiger partial charge < -0.3 is 14.2 Å². The number of rotatable bonds is 5. The van der Waals surface area contributed by atoms with Crippen LogP contribution < -0.4 is 4.90 Å². The molecule has 2 aromatic heterocycles. The minimum Gasteiger partial charge on any atom is -0.466 e. The summed E-state index contributed by atoms with van der Waals surface area (Å²) < 4.78 is 5.90. The average molecular weight is 345 g/mol. The summed E-state index contributed by atoms with van der Waals surface area (Å²) in [6, 6.07) is 4.12. The van der Waals surface area contributed by atoms with Gasteiger partial charge in [-0.1, -0.05) is 6.92 Å². The molecule has 0 aromatic carbocycles. The molecule has 2 atom stereocenters. The molecule has 128 valence electrons. The quantitative estimate of drug-likeness (QED) is 0.835. The minimum atomic E-state index is 0.228. The van der Waals surface area contributed by atoms with Crippen LogP contribution >= 0.6 is 11.3 Å². The van der Waals surface area contributed by atoms with Gasteiger partial charge in [0.15, 0.2) is 5.13 Å². The van der Waals surface area contributed by atoms with Crippen LogP contribution in [0.5, 0.6) is 0 Å². The van der Waals surface area contributed by atoms with Gasteiger partial charge in [-0.25, -0.2) is 4.98 Å². The Balaban J connectivity index is 1.24. The number of furan rings is 1. The minimum absolute atomic E-state index is 0.228. The lowest BCUT2D eigenvalue weighted by atomic mass is 10.2. The van der Waals surface area contributed by atoms with Crippen LogP contribution in [0.15, 0.2) is 28.1 Å². The molecule has 1 aliphatic carbocycles. The highest BCUT2D eigenvalue weighted by atomic mass is 32.1. The molecule has 0 bridgehead atoms. The van der Waals surface area contributed by atoms with Crippen molar-refractivity contribution >= 4 is 22.4 Å². The van der Waals surface area contributed by atoms with E-state index in [1.165, 1.54) is 6.42 Å². The Bertz CT molecular complexity index is 689. The molecular formula is C18H23N3O2S. The van der Waals surface area contributed by atoms with Gasteiger partial charge >= 0.3 is 0 Å². The van der Waals surface area contributed by atoms with Crippen LogP contribution in [-0.2, 0) is 11.2 Å². The van der Waals surface area contributed by atoms with Gasteiger partial charge in [0, 0.05) is 56.5 Å². The smallest absolute Gasteiger partial charge is 0.223 e. The SMILES string of the molecule is C[C@H]1C[C@@H]1c1ccc(CCC(=O)N2CCN(c3nccs3)CC2)o1. The van der Waals surface area contributed by atoms with Crippen molar-refractivity contribution in [3.05, 3.63) is 35.2 Å². The molecule has 2 aromatic rings. The maximum absolute atomic E-state index is 12.4. The zero-order valence-corrected chi connectivity index (χ0v) is 14.8. The molecule has 3 heterocycles. The summed E-state index contributed by atoms with van der Waals surface area (Å²) in [5.74, 6) is 3.63. The van der Waals surface area contributed by atoms with Gasteiger partial charge in [0.1, 0.15) is 11.5 Å². The van der Waals surface area contributed by atoms with Crippen LogP contribution in [0.4, 0.5) is 5.13 Å². The topological polar surface area (TPSA) is 49.6 Å². The molecule has 4 rings (SSSR count). The fourth-order valence-corrected chi connectivity index (χ4v) is 4.05. The standard InChI is InChI=1S/C18H23N3O2S/c1-13-12-15(13)16-4-2-14(23-16)3-5-17(22)20-7-9-21(10-8-20)18-19-6-11-24-18/h2,4,6,11,13,15H,3,5,7-10,12H2,1H3/t13-,15-/m0/s1. The summed E-state index contributed by atoms with van der Waals surface area (Å²) in [5, 5.41) is 3.05. The van der Waals surface area contributed by atoms with Gasteiger partial charge in [-0.2, -0.15) is 0 Å². The maximum Gasteiger partial charge on any atom is 0.223 e. The van der Waals surface area contributed by atoms with Crippen molar-refractivity contribution in [2.45, 2.75) is 32.1 Å². The first-order valence-electron chi connectivity index (χ1n) is 8.71. The van der Waals surface area contributed by atoms with Crippen molar-refractivity contribution in [1.82, 2.24) is 9.88 Å². The number of hydrogen-bond donors (Lipinski definition) is 0. The normalized spacial score (nSPS) is 23.5. The number of aromatic nitrogens is 1. The molecule has 1 amide bonds. The molecule has 1 saturated heterocycles. The van der Waals surface area contributed by atoms with E-state index in [0.717, 1.165) is 48.7 Å². The molecule has 2 aliphatic rings. The molecule has 0 radical (unpaired) electrons. The van der Waals surface area contributed by atoms with Gasteiger partial charge in [-0.3, -0.25) is 4.79 Å². The van der Waals surface area contributed by atoms with Crippen molar-refractivity contribution in [1.29, 1.82) is 0 Å². The fraction of sp³-hybridized carbons (Fsp3) is 0.556. The molecule has 24 heavy (non-hydrogen) atoms. The Kier molecular flexibility index (Phi) is 4.31. The second-order valence-electron chi connectivity index (χ2n) is 6.81. The summed E-state index contributed by atoms with van der Waals surface area (Å²) in [7, 11) is 0. The van der Waals surface area contributed by atoms with Gasteiger partial charge in [0.2, 0.25) is 5.91 Å². The molecule has 1 aliphatic heterocycles. The third-order valence-corrected chi connectivity index (χ3v) is 5.90. The third kappa shape index (κ3) is 3.34. The highest BCUT2D eigenvalue weighted by molar-refractivity contribution is 7.13. The van der Waals surface area contributed by atoms with E-state index in [0.29, 0.717) is 18.8 Å². The van der Waals surface area contributed by atoms with E-state index in [1.54, 1.807) is 11.3 Å². The van der Waals surface area contributed by atoms with Gasteiger partial charge in [-0.15, -0.1) is 11.3 Å². The Hall–Kier alpha value is -1.82. The predicted octanol–water partition coefficient (Wildman–Crippen LogP) is 3.14. The van der Waals surface area contributed by atoms with Crippen LogP contribution in [0.25, 0.3) is 0 Å². The number of hydrogen-bond acceptors (Lipinski definition) is 5. The highest BCUT2D eigenvalue weighted by Gasteiger charge is 2.36. The van der Waals surface area contributed by atoms with Crippen LogP contribution in [-0.4, -0.2) is 42.0 Å². The number of nitrogens with zero attached hydrogens (tertiary/aromatic N) is 3. The number of aryl methyl sites for hydroxylation is 1. The van der Waals surface area contributed by atoms with Gasteiger partial charge in [-0.05, 0) is 24.5 Å². The average Bonchev–Trinajstić information content (AvgIpc) is 3.04. The molecule has 0 spiro atoms. The van der Waals surface area contributed by atoms with E-state index in [9.17, 15) is 4.79 Å². The van der Waals surface area contributed by atoms with Crippen molar-refractivity contribution < 1.29 is 9.21 Å². The van der Waals surface area contributed by atoms with E-state index in [2.05, 4.69) is 22.9 Å². The van der Waals surface area contributed by atoms with Crippen molar-refractivity contribution in [3.8, 4) is 0 Å². The lowest BCUT2D eigenvalue weighted by Gasteiger charge is -2.34. The molecule has 6 heteroatoms. The van der Waals surface area contributed by atoms with Crippen molar-refractivity contribution in [2.75, 3.05) is 31.1 Å². The van der Waals surface area contributed by atoms with E-state index in [1.807, 2.05) is 22.5 Å². The number of anilines is 1. The summed E-state index contributed by atoms with van der Waals surface area (Å²) in [6.45, 7) is 5.54. The number of thiazole rings is 1. The third-order valence-electron chi connectivity index (χ3n) is 5.06. The second-order valence-corrected chi connectivity index (χ2v) is 7.68. The van der Waals surface area contributed by atoms with E-state index >= 15 is 0 Å². The Morgan fingerprint density at radius 2 is 2.12 bits per heavy atom. The van der Waals surface area contributed by atoms with E-state index in [4.69, 9.17) is 4.42 Å². The molecule has 2 fully saturated rings. The molecular weight excluding hydrogens is 322 g/mol.